The Balaban J connectivity index is 1.61. The molecule has 1 fully saturated rings. The summed E-state index contributed by atoms with van der Waals surface area (Å²) in [5.74, 6) is 0.446. The van der Waals surface area contributed by atoms with E-state index in [-0.39, 0.29) is 18.5 Å². The molecule has 0 aliphatic carbocycles. The van der Waals surface area contributed by atoms with E-state index in [0.717, 1.165) is 19.5 Å². The second-order valence-electron chi connectivity index (χ2n) is 4.75. The van der Waals surface area contributed by atoms with Gasteiger partial charge in [-0.3, -0.25) is 19.4 Å². The van der Waals surface area contributed by atoms with Crippen LogP contribution in [-0.4, -0.2) is 65.8 Å². The minimum absolute atomic E-state index is 0.0826. The molecule has 0 spiro atoms. The molecule has 1 aromatic rings. The first-order valence-electron chi connectivity index (χ1n) is 7.21. The van der Waals surface area contributed by atoms with E-state index in [1.807, 2.05) is 16.9 Å². The zero-order valence-electron chi connectivity index (χ0n) is 12.6. The van der Waals surface area contributed by atoms with Crippen LogP contribution in [-0.2, 0) is 11.3 Å². The van der Waals surface area contributed by atoms with Gasteiger partial charge in [-0.25, -0.2) is 4.79 Å². The number of aromatic nitrogens is 2. The number of carbonyl (C=O) groups excluding carboxylic acids is 2. The van der Waals surface area contributed by atoms with E-state index in [0.29, 0.717) is 19.0 Å². The zero-order valence-corrected chi connectivity index (χ0v) is 12.6. The number of hydrogen-bond donors (Lipinski definition) is 3. The van der Waals surface area contributed by atoms with Crippen LogP contribution < -0.4 is 16.0 Å². The van der Waals surface area contributed by atoms with Crippen molar-refractivity contribution in [3.63, 3.8) is 0 Å². The zero-order chi connectivity index (χ0) is 15.8. The molecular weight excluding hydrogens is 286 g/mol. The van der Waals surface area contributed by atoms with Gasteiger partial charge in [0.15, 0.2) is 5.96 Å². The van der Waals surface area contributed by atoms with Crippen molar-refractivity contribution in [3.05, 3.63) is 18.5 Å². The molecule has 0 bridgehead atoms. The summed E-state index contributed by atoms with van der Waals surface area (Å²) in [6.07, 6.45) is 4.59. The maximum absolute atomic E-state index is 11.4. The molecule has 1 saturated heterocycles. The number of guanidine groups is 1. The molecule has 3 N–H and O–H groups in total. The van der Waals surface area contributed by atoms with Gasteiger partial charge in [-0.15, -0.1) is 0 Å². The Labute approximate surface area is 128 Å². The van der Waals surface area contributed by atoms with Gasteiger partial charge < -0.3 is 16.0 Å². The lowest BCUT2D eigenvalue weighted by atomic mass is 10.4. The van der Waals surface area contributed by atoms with Crippen molar-refractivity contribution in [1.29, 1.82) is 0 Å². The number of aryl methyl sites for hydroxylation is 1. The number of hydrogen-bond acceptors (Lipinski definition) is 4. The lowest BCUT2D eigenvalue weighted by molar-refractivity contribution is -0.124. The van der Waals surface area contributed by atoms with Crippen LogP contribution in [0.2, 0.25) is 0 Å². The molecule has 9 nitrogen and oxygen atoms in total. The van der Waals surface area contributed by atoms with Gasteiger partial charge in [0.1, 0.15) is 0 Å². The number of nitrogens with zero attached hydrogens (tertiary/aromatic N) is 4. The third-order valence-electron chi connectivity index (χ3n) is 3.20. The fourth-order valence-electron chi connectivity index (χ4n) is 2.07. The smallest absolute Gasteiger partial charge is 0.324 e. The summed E-state index contributed by atoms with van der Waals surface area (Å²) in [5, 5.41) is 12.9. The maximum Gasteiger partial charge on any atom is 0.324 e. The van der Waals surface area contributed by atoms with Crippen molar-refractivity contribution in [2.75, 3.05) is 33.2 Å². The van der Waals surface area contributed by atoms with Gasteiger partial charge in [0, 0.05) is 45.6 Å². The molecule has 1 aromatic heterocycles. The Morgan fingerprint density at radius 2 is 2.18 bits per heavy atom. The fraction of sp³-hybridized carbons (Fsp3) is 0.538. The molecule has 0 unspecified atom stereocenters. The first-order chi connectivity index (χ1) is 10.7. The summed E-state index contributed by atoms with van der Waals surface area (Å²) in [7, 11) is 1.68. The van der Waals surface area contributed by atoms with Crippen LogP contribution >= 0.6 is 0 Å². The fourth-order valence-corrected chi connectivity index (χ4v) is 2.07. The summed E-state index contributed by atoms with van der Waals surface area (Å²) in [4.78, 5) is 28.1. The Kier molecular flexibility index (Phi) is 5.75. The standard InChI is InChI=1S/C13H21N7O2/c1-14-12(15-4-2-7-19-8-3-5-18-19)16-6-9-20-11(21)10-17-13(20)22/h3,5,8H,2,4,6-7,9-10H2,1H3,(H,17,22)(H2,14,15,16). The highest BCUT2D eigenvalue weighted by Gasteiger charge is 2.27. The Morgan fingerprint density at radius 3 is 2.82 bits per heavy atom. The third kappa shape index (κ3) is 4.47. The van der Waals surface area contributed by atoms with E-state index in [4.69, 9.17) is 0 Å². The predicted octanol–water partition coefficient (Wildman–Crippen LogP) is -1.01. The van der Waals surface area contributed by atoms with Crippen molar-refractivity contribution in [1.82, 2.24) is 30.6 Å². The van der Waals surface area contributed by atoms with Crippen molar-refractivity contribution in [2.24, 2.45) is 4.99 Å². The summed E-state index contributed by atoms with van der Waals surface area (Å²) in [5.41, 5.74) is 0. The number of nitrogens with one attached hydrogen (secondary N) is 3. The Hall–Kier alpha value is -2.58. The van der Waals surface area contributed by atoms with Crippen LogP contribution in [0.15, 0.2) is 23.5 Å². The van der Waals surface area contributed by atoms with E-state index in [2.05, 4.69) is 26.0 Å². The molecule has 2 rings (SSSR count). The molecule has 22 heavy (non-hydrogen) atoms. The molecule has 1 aliphatic heterocycles. The number of rotatable bonds is 7. The summed E-state index contributed by atoms with van der Waals surface area (Å²) in [6, 6.07) is 1.55. The largest absolute Gasteiger partial charge is 0.356 e. The van der Waals surface area contributed by atoms with Crippen molar-refractivity contribution in [3.8, 4) is 0 Å². The van der Waals surface area contributed by atoms with E-state index < -0.39 is 0 Å². The highest BCUT2D eigenvalue weighted by molar-refractivity contribution is 6.01. The second kappa shape index (κ2) is 8.01. The molecule has 2 heterocycles. The predicted molar refractivity (Wildman–Crippen MR) is 81.3 cm³/mol. The second-order valence-corrected chi connectivity index (χ2v) is 4.75. The molecular formula is C13H21N7O2. The van der Waals surface area contributed by atoms with Crippen molar-refractivity contribution < 1.29 is 9.59 Å². The quantitative estimate of drug-likeness (QED) is 0.259. The highest BCUT2D eigenvalue weighted by atomic mass is 16.2. The SMILES string of the molecule is CN=C(NCCCn1cccn1)NCCN1C(=O)CNC1=O. The normalized spacial score (nSPS) is 15.1. The molecule has 0 aromatic carbocycles. The van der Waals surface area contributed by atoms with Crippen LogP contribution in [0.1, 0.15) is 6.42 Å². The molecule has 0 radical (unpaired) electrons. The first kappa shape index (κ1) is 15.8. The number of aliphatic imine (C=N–C) groups is 1. The van der Waals surface area contributed by atoms with Gasteiger partial charge >= 0.3 is 6.03 Å². The third-order valence-corrected chi connectivity index (χ3v) is 3.20. The van der Waals surface area contributed by atoms with E-state index in [1.165, 1.54) is 4.90 Å². The van der Waals surface area contributed by atoms with Gasteiger partial charge in [-0.2, -0.15) is 5.10 Å². The van der Waals surface area contributed by atoms with Crippen LogP contribution in [0.3, 0.4) is 0 Å². The molecule has 0 atom stereocenters. The van der Waals surface area contributed by atoms with Gasteiger partial charge in [-0.1, -0.05) is 0 Å². The van der Waals surface area contributed by atoms with Crippen molar-refractivity contribution >= 4 is 17.9 Å². The van der Waals surface area contributed by atoms with Crippen LogP contribution in [0.25, 0.3) is 0 Å². The molecule has 0 saturated carbocycles. The number of amides is 3. The van der Waals surface area contributed by atoms with Crippen LogP contribution in [0.5, 0.6) is 0 Å². The molecule has 9 heteroatoms. The maximum atomic E-state index is 11.4. The summed E-state index contributed by atoms with van der Waals surface area (Å²) in [6.45, 7) is 2.44. The number of carbonyl (C=O) groups is 2. The minimum Gasteiger partial charge on any atom is -0.356 e. The van der Waals surface area contributed by atoms with E-state index >= 15 is 0 Å². The minimum atomic E-state index is -0.339. The van der Waals surface area contributed by atoms with Crippen LogP contribution in [0, 0.1) is 0 Å². The monoisotopic (exact) mass is 307 g/mol. The Bertz CT molecular complexity index is 511. The summed E-state index contributed by atoms with van der Waals surface area (Å²) < 4.78 is 1.87. The Morgan fingerprint density at radius 1 is 1.36 bits per heavy atom. The van der Waals surface area contributed by atoms with Crippen LogP contribution in [0.4, 0.5) is 4.79 Å². The average Bonchev–Trinajstić information content (AvgIpc) is 3.14. The molecule has 3 amide bonds. The number of urea groups is 1. The molecule has 120 valence electrons. The van der Waals surface area contributed by atoms with Gasteiger partial charge in [0.05, 0.1) is 6.54 Å². The highest BCUT2D eigenvalue weighted by Crippen LogP contribution is 1.96. The van der Waals surface area contributed by atoms with Gasteiger partial charge in [0.25, 0.3) is 0 Å². The van der Waals surface area contributed by atoms with Gasteiger partial charge in [-0.05, 0) is 12.5 Å². The van der Waals surface area contributed by atoms with E-state index in [9.17, 15) is 9.59 Å². The topological polar surface area (TPSA) is 104 Å². The molecule has 1 aliphatic rings. The lowest BCUT2D eigenvalue weighted by Crippen LogP contribution is -2.43. The average molecular weight is 307 g/mol. The van der Waals surface area contributed by atoms with Crippen molar-refractivity contribution in [2.45, 2.75) is 13.0 Å². The first-order valence-corrected chi connectivity index (χ1v) is 7.21. The van der Waals surface area contributed by atoms with Gasteiger partial charge in [0.2, 0.25) is 5.91 Å². The summed E-state index contributed by atoms with van der Waals surface area (Å²) >= 11 is 0. The van der Waals surface area contributed by atoms with E-state index in [1.54, 1.807) is 13.2 Å². The number of imide groups is 1. The lowest BCUT2D eigenvalue weighted by Gasteiger charge is -2.15.